The van der Waals surface area contributed by atoms with Crippen molar-refractivity contribution in [2.75, 3.05) is 30.8 Å². The second-order valence-corrected chi connectivity index (χ2v) is 14.6. The van der Waals surface area contributed by atoms with Gasteiger partial charge in [-0.1, -0.05) is 36.4 Å². The Labute approximate surface area is 318 Å². The van der Waals surface area contributed by atoms with Crippen LogP contribution in [-0.2, 0) is 41.8 Å². The minimum atomic E-state index is -1.47. The van der Waals surface area contributed by atoms with Crippen molar-refractivity contribution < 1.29 is 34.2 Å². The first kappa shape index (κ1) is 39.2. The van der Waals surface area contributed by atoms with Crippen molar-refractivity contribution in [1.29, 1.82) is 0 Å². The van der Waals surface area contributed by atoms with Gasteiger partial charge in [0.25, 0.3) is 11.8 Å². The van der Waals surface area contributed by atoms with E-state index >= 15 is 0 Å². The van der Waals surface area contributed by atoms with E-state index in [9.17, 15) is 24.0 Å². The van der Waals surface area contributed by atoms with Crippen LogP contribution in [0.2, 0.25) is 0 Å². The van der Waals surface area contributed by atoms with Gasteiger partial charge >= 0.3 is 17.8 Å². The summed E-state index contributed by atoms with van der Waals surface area (Å²) in [5, 5.41) is 24.8. The Hall–Kier alpha value is -5.04. The van der Waals surface area contributed by atoms with Crippen LogP contribution in [0.4, 0.5) is 10.7 Å². The van der Waals surface area contributed by atoms with E-state index in [2.05, 4.69) is 15.5 Å². The maximum absolute atomic E-state index is 13.8. The lowest BCUT2D eigenvalue weighted by molar-refractivity contribution is -0.155. The van der Waals surface area contributed by atoms with E-state index in [0.717, 1.165) is 78.5 Å². The van der Waals surface area contributed by atoms with Crippen molar-refractivity contribution in [3.8, 4) is 0 Å². The number of halogens is 1. The number of fused-ring (bicyclic) bond motifs is 1. The molecule has 1 fully saturated rings. The summed E-state index contributed by atoms with van der Waals surface area (Å²) in [7, 11) is 1.48. The molecule has 0 radical (unpaired) electrons. The fourth-order valence-corrected chi connectivity index (χ4v) is 7.82. The number of aryl methyl sites for hydroxylation is 3. The van der Waals surface area contributed by atoms with Crippen molar-refractivity contribution >= 4 is 64.1 Å². The van der Waals surface area contributed by atoms with Gasteiger partial charge in [0.1, 0.15) is 5.00 Å². The third-order valence-corrected chi connectivity index (χ3v) is 10.8. The Kier molecular flexibility index (Phi) is 13.0. The van der Waals surface area contributed by atoms with Gasteiger partial charge in [0.15, 0.2) is 0 Å². The van der Waals surface area contributed by atoms with Gasteiger partial charge < -0.3 is 25.7 Å². The highest BCUT2D eigenvalue weighted by Gasteiger charge is 2.30. The quantitative estimate of drug-likeness (QED) is 0.106. The van der Waals surface area contributed by atoms with E-state index in [1.54, 1.807) is 18.2 Å². The molecule has 0 unspecified atom stereocenters. The molecule has 2 aliphatic rings. The summed E-state index contributed by atoms with van der Waals surface area (Å²) in [6, 6.07) is 22.3. The number of rotatable bonds is 14. The highest BCUT2D eigenvalue weighted by molar-refractivity contribution is 7.17. The minimum absolute atomic E-state index is 0. The Balaban J connectivity index is 0.00000541. The van der Waals surface area contributed by atoms with Crippen LogP contribution in [0, 0.1) is 0 Å². The lowest BCUT2D eigenvalue weighted by atomic mass is 9.95. The van der Waals surface area contributed by atoms with Gasteiger partial charge in [-0.05, 0) is 110 Å². The lowest BCUT2D eigenvalue weighted by Gasteiger charge is -2.25. The second kappa shape index (κ2) is 17.7. The number of carbonyl (C=O) groups is 5. The summed E-state index contributed by atoms with van der Waals surface area (Å²) in [6.45, 7) is 1.36. The Morgan fingerprint density at radius 2 is 1.43 bits per heavy atom. The third-order valence-electron chi connectivity index (χ3n) is 9.63. The van der Waals surface area contributed by atoms with E-state index in [-0.39, 0.29) is 36.3 Å². The molecule has 1 heterocycles. The standard InChI is InChI=1S/C40H42N4O7S.ClH/c1-43(38(47)40(50)51)21-22-44(31-19-20-31)24-27-5-4-6-29(23-27)35(45)42-37-34(32-7-2-3-8-33(32)52-37)36(46)41-30-17-13-26(14-18-30)10-9-25-11-15-28(16-12-25)39(48)49;/h4-6,11-18,23,31H,2-3,7-10,19-22,24H2,1H3,(H,41,46)(H,42,45)(H,48,49)(H,50,51);1H. The molecule has 278 valence electrons. The zero-order valence-electron chi connectivity index (χ0n) is 29.4. The molecule has 0 atom stereocenters. The number of likely N-dealkylation sites (N-methyl/N-ethyl adjacent to an activating group) is 1. The first-order chi connectivity index (χ1) is 25.0. The Morgan fingerprint density at radius 3 is 2.08 bits per heavy atom. The predicted octanol–water partition coefficient (Wildman–Crippen LogP) is 6.54. The van der Waals surface area contributed by atoms with Crippen LogP contribution in [0.15, 0.2) is 72.8 Å². The minimum Gasteiger partial charge on any atom is -0.478 e. The fourth-order valence-electron chi connectivity index (χ4n) is 6.54. The number of aliphatic carboxylic acids is 1. The highest BCUT2D eigenvalue weighted by atomic mass is 35.5. The van der Waals surface area contributed by atoms with Gasteiger partial charge in [0, 0.05) is 48.9 Å². The molecule has 0 spiro atoms. The highest BCUT2D eigenvalue weighted by Crippen LogP contribution is 2.39. The number of carboxylic acids is 2. The van der Waals surface area contributed by atoms with Crippen LogP contribution < -0.4 is 10.6 Å². The van der Waals surface area contributed by atoms with Gasteiger partial charge in [0.2, 0.25) is 0 Å². The van der Waals surface area contributed by atoms with Crippen LogP contribution in [0.5, 0.6) is 0 Å². The van der Waals surface area contributed by atoms with E-state index in [1.807, 2.05) is 54.6 Å². The maximum Gasteiger partial charge on any atom is 0.394 e. The van der Waals surface area contributed by atoms with Crippen LogP contribution >= 0.6 is 23.7 Å². The molecule has 1 aromatic heterocycles. The maximum atomic E-state index is 13.8. The first-order valence-corrected chi connectivity index (χ1v) is 18.4. The summed E-state index contributed by atoms with van der Waals surface area (Å²) in [5.74, 6) is -3.93. The van der Waals surface area contributed by atoms with Gasteiger partial charge in [0.05, 0.1) is 11.1 Å². The third kappa shape index (κ3) is 10.1. The summed E-state index contributed by atoms with van der Waals surface area (Å²) < 4.78 is 0. The van der Waals surface area contributed by atoms with E-state index in [4.69, 9.17) is 10.2 Å². The van der Waals surface area contributed by atoms with Crippen molar-refractivity contribution in [1.82, 2.24) is 9.80 Å². The zero-order valence-corrected chi connectivity index (χ0v) is 31.1. The average Bonchev–Trinajstić information content (AvgIpc) is 3.93. The molecule has 2 aliphatic carbocycles. The number of anilines is 2. The first-order valence-electron chi connectivity index (χ1n) is 17.6. The Morgan fingerprint density at radius 1 is 0.774 bits per heavy atom. The van der Waals surface area contributed by atoms with Crippen molar-refractivity contribution in [3.05, 3.63) is 117 Å². The molecule has 11 nitrogen and oxygen atoms in total. The number of thiophene rings is 1. The van der Waals surface area contributed by atoms with Crippen LogP contribution in [-0.4, -0.2) is 75.9 Å². The number of nitrogens with one attached hydrogen (secondary N) is 2. The van der Waals surface area contributed by atoms with Gasteiger partial charge in [-0.2, -0.15) is 0 Å². The largest absolute Gasteiger partial charge is 0.478 e. The van der Waals surface area contributed by atoms with Crippen molar-refractivity contribution in [2.24, 2.45) is 0 Å². The summed E-state index contributed by atoms with van der Waals surface area (Å²) >= 11 is 1.47. The van der Waals surface area contributed by atoms with Crippen LogP contribution in [0.1, 0.15) is 83.9 Å². The van der Waals surface area contributed by atoms with Crippen LogP contribution in [0.3, 0.4) is 0 Å². The average molecular weight is 759 g/mol. The number of carboxylic acid groups (broad SMARTS) is 2. The number of nitrogens with zero attached hydrogens (tertiary/aromatic N) is 2. The lowest BCUT2D eigenvalue weighted by Crippen LogP contribution is -2.39. The molecule has 1 saturated carbocycles. The van der Waals surface area contributed by atoms with Gasteiger partial charge in [-0.3, -0.25) is 19.3 Å². The van der Waals surface area contributed by atoms with Crippen LogP contribution in [0.25, 0.3) is 0 Å². The van der Waals surface area contributed by atoms with Crippen molar-refractivity contribution in [3.63, 3.8) is 0 Å². The molecule has 0 bridgehead atoms. The Bertz CT molecular complexity index is 1980. The molecule has 4 aromatic rings. The van der Waals surface area contributed by atoms with E-state index in [1.165, 1.54) is 23.3 Å². The molecule has 0 aliphatic heterocycles. The monoisotopic (exact) mass is 758 g/mol. The molecule has 13 heteroatoms. The fraction of sp³-hybridized carbons (Fsp3) is 0.325. The predicted molar refractivity (Wildman–Crippen MR) is 207 cm³/mol. The molecular weight excluding hydrogens is 716 g/mol. The molecule has 6 rings (SSSR count). The van der Waals surface area contributed by atoms with Crippen molar-refractivity contribution in [2.45, 2.75) is 64.0 Å². The smallest absolute Gasteiger partial charge is 0.394 e. The molecule has 3 amide bonds. The van der Waals surface area contributed by atoms with E-state index in [0.29, 0.717) is 40.9 Å². The van der Waals surface area contributed by atoms with E-state index < -0.39 is 17.8 Å². The molecule has 0 saturated heterocycles. The zero-order chi connectivity index (χ0) is 36.8. The normalized spacial score (nSPS) is 13.4. The molecular formula is C40H43ClN4O7S. The van der Waals surface area contributed by atoms with Gasteiger partial charge in [-0.25, -0.2) is 9.59 Å². The molecule has 53 heavy (non-hydrogen) atoms. The summed E-state index contributed by atoms with van der Waals surface area (Å²) in [5.41, 5.74) is 5.95. The molecule has 3 aromatic carbocycles. The number of aromatic carboxylic acids is 1. The topological polar surface area (TPSA) is 156 Å². The number of carbonyl (C=O) groups excluding carboxylic acids is 3. The number of amides is 3. The van der Waals surface area contributed by atoms with Gasteiger partial charge in [-0.15, -0.1) is 23.7 Å². The number of benzene rings is 3. The summed E-state index contributed by atoms with van der Waals surface area (Å²) in [4.78, 5) is 66.0. The summed E-state index contributed by atoms with van der Waals surface area (Å²) in [6.07, 6.45) is 7.23. The second-order valence-electron chi connectivity index (χ2n) is 13.5. The molecule has 4 N–H and O–H groups in total. The SMILES string of the molecule is CN(CCN(Cc1cccc(C(=O)Nc2sc3c(c2C(=O)Nc2ccc(CCc4ccc(C(=O)O)cc4)cc2)CCCC3)c1)C1CC1)C(=O)C(=O)O.Cl. The number of hydrogen-bond acceptors (Lipinski definition) is 7. The number of hydrogen-bond donors (Lipinski definition) is 4.